The average Bonchev–Trinajstić information content (AvgIpc) is 3.53. The Kier molecular flexibility index (Phi) is 6.50. The van der Waals surface area contributed by atoms with Crippen molar-refractivity contribution in [3.05, 3.63) is 59.7 Å². The van der Waals surface area contributed by atoms with Gasteiger partial charge < -0.3 is 20.1 Å². The molecule has 2 aliphatic carbocycles. The highest BCUT2D eigenvalue weighted by Crippen LogP contribution is 2.45. The summed E-state index contributed by atoms with van der Waals surface area (Å²) in [4.78, 5) is 39.2. The second-order valence-corrected chi connectivity index (χ2v) is 9.96. The number of carbonyl (C=O) groups is 3. The second-order valence-electron chi connectivity index (χ2n) is 9.96. The van der Waals surface area contributed by atoms with Gasteiger partial charge in [0.1, 0.15) is 12.6 Å². The number of carboxylic acids is 1. The zero-order chi connectivity index (χ0) is 24.5. The van der Waals surface area contributed by atoms with Gasteiger partial charge in [-0.25, -0.2) is 9.59 Å². The van der Waals surface area contributed by atoms with Crippen LogP contribution in [-0.4, -0.2) is 53.2 Å². The predicted octanol–water partition coefficient (Wildman–Crippen LogP) is 4.41. The standard InChI is InChI=1S/C28H32N2O5/c1-2-18(14-25(31)30-15-17-8-7-13-19(17)26(30)27(32)33)29-28(34)35-16-24-22-11-5-3-9-20(22)21-10-4-6-12-23(21)24/h3-6,9-12,17-19,24,26H,2,7-8,13-16H2,1H3,(H,29,34)(H,32,33)/t17?,18-,19?,26?/m1/s1. The van der Waals surface area contributed by atoms with Crippen molar-refractivity contribution in [2.45, 2.75) is 57.0 Å². The molecule has 2 amide bonds. The third-order valence-corrected chi connectivity index (χ3v) is 8.04. The number of alkyl carbamates (subject to hydrolysis) is 1. The van der Waals surface area contributed by atoms with Gasteiger partial charge in [0.15, 0.2) is 0 Å². The molecule has 2 aromatic rings. The van der Waals surface area contributed by atoms with E-state index in [4.69, 9.17) is 4.74 Å². The third-order valence-electron chi connectivity index (χ3n) is 8.04. The second kappa shape index (κ2) is 9.72. The van der Waals surface area contributed by atoms with Crippen LogP contribution in [0.4, 0.5) is 4.79 Å². The van der Waals surface area contributed by atoms with Crippen molar-refractivity contribution in [2.24, 2.45) is 11.8 Å². The molecule has 184 valence electrons. The smallest absolute Gasteiger partial charge is 0.407 e. The molecule has 1 aliphatic heterocycles. The van der Waals surface area contributed by atoms with Crippen molar-refractivity contribution in [2.75, 3.05) is 13.2 Å². The van der Waals surface area contributed by atoms with E-state index in [1.165, 1.54) is 4.90 Å². The zero-order valence-corrected chi connectivity index (χ0v) is 20.0. The van der Waals surface area contributed by atoms with Crippen LogP contribution in [0.3, 0.4) is 0 Å². The Labute approximate surface area is 205 Å². The number of rotatable bonds is 7. The molecule has 2 aromatic carbocycles. The molecule has 3 unspecified atom stereocenters. The number of nitrogens with zero attached hydrogens (tertiary/aromatic N) is 1. The highest BCUT2D eigenvalue weighted by atomic mass is 16.5. The number of carbonyl (C=O) groups excluding carboxylic acids is 2. The Morgan fingerprint density at radius 3 is 2.34 bits per heavy atom. The number of benzene rings is 2. The van der Waals surface area contributed by atoms with Gasteiger partial charge in [0.2, 0.25) is 5.91 Å². The maximum atomic E-state index is 13.1. The third kappa shape index (κ3) is 4.40. The summed E-state index contributed by atoms with van der Waals surface area (Å²) in [5.74, 6) is -0.847. The maximum absolute atomic E-state index is 13.1. The van der Waals surface area contributed by atoms with Crippen LogP contribution >= 0.6 is 0 Å². The van der Waals surface area contributed by atoms with Gasteiger partial charge in [0, 0.05) is 24.9 Å². The van der Waals surface area contributed by atoms with Gasteiger partial charge in [-0.2, -0.15) is 0 Å². The number of nitrogens with one attached hydrogen (secondary N) is 1. The molecule has 35 heavy (non-hydrogen) atoms. The van der Waals surface area contributed by atoms with E-state index in [9.17, 15) is 19.5 Å². The van der Waals surface area contributed by atoms with Gasteiger partial charge >= 0.3 is 12.1 Å². The summed E-state index contributed by atoms with van der Waals surface area (Å²) >= 11 is 0. The molecule has 7 nitrogen and oxygen atoms in total. The van der Waals surface area contributed by atoms with Crippen molar-refractivity contribution in [1.29, 1.82) is 0 Å². The van der Waals surface area contributed by atoms with Crippen LogP contribution < -0.4 is 5.32 Å². The SMILES string of the molecule is CC[C@H](CC(=O)N1CC2CCCC2C1C(=O)O)NC(=O)OCC1c2ccccc2-c2ccccc21. The molecule has 2 fully saturated rings. The van der Waals surface area contributed by atoms with E-state index in [0.717, 1.165) is 41.5 Å². The van der Waals surface area contributed by atoms with Crippen LogP contribution in [0.25, 0.3) is 11.1 Å². The van der Waals surface area contributed by atoms with Crippen molar-refractivity contribution in [1.82, 2.24) is 10.2 Å². The van der Waals surface area contributed by atoms with E-state index in [-0.39, 0.29) is 36.7 Å². The number of hydrogen-bond donors (Lipinski definition) is 2. The van der Waals surface area contributed by atoms with Crippen LogP contribution in [0.5, 0.6) is 0 Å². The number of ether oxygens (including phenoxy) is 1. The maximum Gasteiger partial charge on any atom is 0.407 e. The van der Waals surface area contributed by atoms with Gasteiger partial charge in [-0.15, -0.1) is 0 Å². The molecule has 1 saturated carbocycles. The number of amides is 2. The number of fused-ring (bicyclic) bond motifs is 4. The van der Waals surface area contributed by atoms with Crippen LogP contribution in [-0.2, 0) is 14.3 Å². The molecule has 0 spiro atoms. The number of carboxylic acid groups (broad SMARTS) is 1. The molecule has 3 aliphatic rings. The Morgan fingerprint density at radius 1 is 1.06 bits per heavy atom. The highest BCUT2D eigenvalue weighted by Gasteiger charge is 2.49. The fraction of sp³-hybridized carbons (Fsp3) is 0.464. The van der Waals surface area contributed by atoms with E-state index >= 15 is 0 Å². The largest absolute Gasteiger partial charge is 0.480 e. The summed E-state index contributed by atoms with van der Waals surface area (Å²) in [5.41, 5.74) is 4.61. The van der Waals surface area contributed by atoms with Gasteiger partial charge in [-0.05, 0) is 53.4 Å². The number of likely N-dealkylation sites (tertiary alicyclic amines) is 1. The lowest BCUT2D eigenvalue weighted by atomic mass is 9.94. The first-order valence-electron chi connectivity index (χ1n) is 12.6. The Bertz CT molecular complexity index is 1090. The Balaban J connectivity index is 1.19. The minimum Gasteiger partial charge on any atom is -0.480 e. The average molecular weight is 477 g/mol. The molecular weight excluding hydrogens is 444 g/mol. The van der Waals surface area contributed by atoms with Crippen LogP contribution in [0.1, 0.15) is 56.1 Å². The minimum absolute atomic E-state index is 0.0322. The minimum atomic E-state index is -0.926. The van der Waals surface area contributed by atoms with Gasteiger partial charge in [-0.3, -0.25) is 4.79 Å². The van der Waals surface area contributed by atoms with Gasteiger partial charge in [-0.1, -0.05) is 61.9 Å². The van der Waals surface area contributed by atoms with Crippen molar-refractivity contribution >= 4 is 18.0 Å². The predicted molar refractivity (Wildman–Crippen MR) is 131 cm³/mol. The molecule has 5 rings (SSSR count). The molecular formula is C28H32N2O5. The molecule has 1 heterocycles. The summed E-state index contributed by atoms with van der Waals surface area (Å²) < 4.78 is 5.63. The van der Waals surface area contributed by atoms with E-state index in [1.807, 2.05) is 31.2 Å². The molecule has 2 N–H and O–H groups in total. The van der Waals surface area contributed by atoms with E-state index in [1.54, 1.807) is 0 Å². The highest BCUT2D eigenvalue weighted by molar-refractivity contribution is 5.85. The van der Waals surface area contributed by atoms with Crippen molar-refractivity contribution < 1.29 is 24.2 Å². The van der Waals surface area contributed by atoms with E-state index in [2.05, 4.69) is 29.6 Å². The van der Waals surface area contributed by atoms with Crippen LogP contribution in [0.2, 0.25) is 0 Å². The van der Waals surface area contributed by atoms with E-state index in [0.29, 0.717) is 13.0 Å². The van der Waals surface area contributed by atoms with Crippen molar-refractivity contribution in [3.63, 3.8) is 0 Å². The molecule has 0 radical (unpaired) electrons. The molecule has 0 bridgehead atoms. The monoisotopic (exact) mass is 476 g/mol. The molecule has 0 aromatic heterocycles. The molecule has 7 heteroatoms. The molecule has 1 saturated heterocycles. The first kappa shape index (κ1) is 23.4. The van der Waals surface area contributed by atoms with Gasteiger partial charge in [0.25, 0.3) is 0 Å². The van der Waals surface area contributed by atoms with E-state index < -0.39 is 24.1 Å². The summed E-state index contributed by atoms with van der Waals surface area (Å²) in [7, 11) is 0. The Hall–Kier alpha value is -3.35. The van der Waals surface area contributed by atoms with Crippen LogP contribution in [0.15, 0.2) is 48.5 Å². The summed E-state index contributed by atoms with van der Waals surface area (Å²) in [6, 6.07) is 15.2. The summed E-state index contributed by atoms with van der Waals surface area (Å²) in [5, 5.41) is 12.6. The lowest BCUT2D eigenvalue weighted by Crippen LogP contribution is -2.46. The van der Waals surface area contributed by atoms with Crippen LogP contribution in [0, 0.1) is 11.8 Å². The lowest BCUT2D eigenvalue weighted by Gasteiger charge is -2.26. The lowest BCUT2D eigenvalue weighted by molar-refractivity contribution is -0.149. The normalized spacial score (nSPS) is 23.3. The quantitative estimate of drug-likeness (QED) is 0.617. The summed E-state index contributed by atoms with van der Waals surface area (Å²) in [6.07, 6.45) is 2.94. The first-order valence-corrected chi connectivity index (χ1v) is 12.6. The zero-order valence-electron chi connectivity index (χ0n) is 20.0. The fourth-order valence-electron chi connectivity index (χ4n) is 6.31. The summed E-state index contributed by atoms with van der Waals surface area (Å²) in [6.45, 7) is 2.61. The number of hydrogen-bond acceptors (Lipinski definition) is 4. The van der Waals surface area contributed by atoms with Gasteiger partial charge in [0.05, 0.1) is 0 Å². The Morgan fingerprint density at radius 2 is 1.71 bits per heavy atom. The first-order chi connectivity index (χ1) is 17.0. The molecule has 4 atom stereocenters. The van der Waals surface area contributed by atoms with Crippen molar-refractivity contribution in [3.8, 4) is 11.1 Å². The number of aliphatic carboxylic acids is 1. The topological polar surface area (TPSA) is 95.9 Å². The fourth-order valence-corrected chi connectivity index (χ4v) is 6.31.